The van der Waals surface area contributed by atoms with Crippen molar-refractivity contribution in [3.05, 3.63) is 29.8 Å². The van der Waals surface area contributed by atoms with Gasteiger partial charge >= 0.3 is 5.97 Å². The van der Waals surface area contributed by atoms with Crippen LogP contribution in [0.3, 0.4) is 0 Å². The van der Waals surface area contributed by atoms with Crippen LogP contribution in [-0.4, -0.2) is 46.8 Å². The van der Waals surface area contributed by atoms with Gasteiger partial charge in [0.25, 0.3) is 0 Å². The molecule has 0 aromatic heterocycles. The van der Waals surface area contributed by atoms with Crippen LogP contribution in [0.4, 0.5) is 0 Å². The van der Waals surface area contributed by atoms with Crippen molar-refractivity contribution in [1.82, 2.24) is 10.2 Å². The van der Waals surface area contributed by atoms with Crippen molar-refractivity contribution in [2.75, 3.05) is 19.6 Å². The quantitative estimate of drug-likeness (QED) is 0.740. The van der Waals surface area contributed by atoms with Crippen LogP contribution >= 0.6 is 0 Å². The molecule has 18 heavy (non-hydrogen) atoms. The number of benzene rings is 1. The fraction of sp³-hybridized carbons (Fsp3) is 0.462. The van der Waals surface area contributed by atoms with Gasteiger partial charge in [0.1, 0.15) is 11.8 Å². The molecule has 1 aromatic carbocycles. The van der Waals surface area contributed by atoms with E-state index in [1.807, 2.05) is 17.9 Å². The number of rotatable bonds is 3. The van der Waals surface area contributed by atoms with Crippen molar-refractivity contribution in [3.8, 4) is 5.75 Å². The topological polar surface area (TPSA) is 72.8 Å². The third-order valence-electron chi connectivity index (χ3n) is 3.42. The summed E-state index contributed by atoms with van der Waals surface area (Å²) < 4.78 is 0. The fourth-order valence-electron chi connectivity index (χ4n) is 2.39. The molecular formula is C13H18N2O3. The molecule has 0 amide bonds. The van der Waals surface area contributed by atoms with Crippen LogP contribution in [0, 0.1) is 0 Å². The number of aromatic hydroxyl groups is 1. The number of hydrogen-bond donors (Lipinski definition) is 3. The number of aliphatic carboxylic acids is 1. The summed E-state index contributed by atoms with van der Waals surface area (Å²) in [4.78, 5) is 13.2. The van der Waals surface area contributed by atoms with Gasteiger partial charge in [-0.1, -0.05) is 12.1 Å². The first-order chi connectivity index (χ1) is 8.59. The Bertz CT molecular complexity index is 436. The minimum Gasteiger partial charge on any atom is -0.508 e. The first kappa shape index (κ1) is 12.9. The number of piperazine rings is 1. The minimum atomic E-state index is -0.811. The summed E-state index contributed by atoms with van der Waals surface area (Å²) in [6.45, 7) is 3.90. The number of phenols is 1. The van der Waals surface area contributed by atoms with E-state index in [1.165, 1.54) is 0 Å². The van der Waals surface area contributed by atoms with E-state index in [1.54, 1.807) is 18.2 Å². The highest BCUT2D eigenvalue weighted by Crippen LogP contribution is 2.25. The van der Waals surface area contributed by atoms with E-state index < -0.39 is 12.0 Å². The molecule has 3 N–H and O–H groups in total. The van der Waals surface area contributed by atoms with Gasteiger partial charge in [-0.3, -0.25) is 9.69 Å². The molecule has 1 heterocycles. The van der Waals surface area contributed by atoms with E-state index >= 15 is 0 Å². The summed E-state index contributed by atoms with van der Waals surface area (Å²) in [5.74, 6) is -0.601. The molecule has 0 bridgehead atoms. The molecule has 5 nitrogen and oxygen atoms in total. The van der Waals surface area contributed by atoms with Crippen LogP contribution < -0.4 is 5.32 Å². The Morgan fingerprint density at radius 1 is 1.56 bits per heavy atom. The molecule has 2 unspecified atom stereocenters. The van der Waals surface area contributed by atoms with Gasteiger partial charge in [0.05, 0.1) is 0 Å². The lowest BCUT2D eigenvalue weighted by Crippen LogP contribution is -2.55. The van der Waals surface area contributed by atoms with Gasteiger partial charge < -0.3 is 15.5 Å². The highest BCUT2D eigenvalue weighted by molar-refractivity contribution is 5.74. The molecule has 1 aromatic rings. The summed E-state index contributed by atoms with van der Waals surface area (Å²) in [6.07, 6.45) is 0. The van der Waals surface area contributed by atoms with E-state index in [0.717, 1.165) is 12.1 Å². The normalized spacial score (nSPS) is 22.6. The predicted molar refractivity (Wildman–Crippen MR) is 67.5 cm³/mol. The van der Waals surface area contributed by atoms with E-state index in [0.29, 0.717) is 13.1 Å². The van der Waals surface area contributed by atoms with Crippen molar-refractivity contribution in [2.45, 2.75) is 19.0 Å². The second-order valence-electron chi connectivity index (χ2n) is 4.57. The van der Waals surface area contributed by atoms with E-state index in [4.69, 9.17) is 0 Å². The monoisotopic (exact) mass is 250 g/mol. The Balaban J connectivity index is 2.20. The van der Waals surface area contributed by atoms with Gasteiger partial charge in [0.2, 0.25) is 0 Å². The van der Waals surface area contributed by atoms with E-state index in [9.17, 15) is 15.0 Å². The summed E-state index contributed by atoms with van der Waals surface area (Å²) in [7, 11) is 0. The molecule has 0 spiro atoms. The number of carbonyl (C=O) groups is 1. The van der Waals surface area contributed by atoms with E-state index in [-0.39, 0.29) is 11.8 Å². The Morgan fingerprint density at radius 2 is 2.33 bits per heavy atom. The van der Waals surface area contributed by atoms with Gasteiger partial charge in [-0.15, -0.1) is 0 Å². The summed E-state index contributed by atoms with van der Waals surface area (Å²) in [5, 5.41) is 21.8. The SMILES string of the molecule is CC(c1cccc(O)c1)N1CCNCC1C(=O)O. The molecule has 1 aliphatic heterocycles. The first-order valence-corrected chi connectivity index (χ1v) is 6.08. The Hall–Kier alpha value is -1.59. The highest BCUT2D eigenvalue weighted by atomic mass is 16.4. The number of carboxylic acids is 1. The zero-order chi connectivity index (χ0) is 13.1. The van der Waals surface area contributed by atoms with Gasteiger partial charge in [0, 0.05) is 25.7 Å². The number of nitrogens with one attached hydrogen (secondary N) is 1. The summed E-state index contributed by atoms with van der Waals surface area (Å²) in [5.41, 5.74) is 0.933. The predicted octanol–water partition coefficient (Wildman–Crippen LogP) is 0.812. The maximum absolute atomic E-state index is 11.2. The number of hydrogen-bond acceptors (Lipinski definition) is 4. The third kappa shape index (κ3) is 2.63. The molecule has 1 saturated heterocycles. The Morgan fingerprint density at radius 3 is 3.00 bits per heavy atom. The van der Waals surface area contributed by atoms with Gasteiger partial charge in [0.15, 0.2) is 0 Å². The maximum atomic E-state index is 11.2. The fourth-order valence-corrected chi connectivity index (χ4v) is 2.39. The van der Waals surface area contributed by atoms with Crippen LogP contribution in [-0.2, 0) is 4.79 Å². The van der Waals surface area contributed by atoms with Crippen LogP contribution in [0.5, 0.6) is 5.75 Å². The molecule has 0 radical (unpaired) electrons. The first-order valence-electron chi connectivity index (χ1n) is 6.08. The maximum Gasteiger partial charge on any atom is 0.322 e. The second kappa shape index (κ2) is 5.37. The molecule has 5 heteroatoms. The third-order valence-corrected chi connectivity index (χ3v) is 3.42. The lowest BCUT2D eigenvalue weighted by atomic mass is 10.0. The molecule has 1 aliphatic rings. The summed E-state index contributed by atoms with van der Waals surface area (Å²) >= 11 is 0. The van der Waals surface area contributed by atoms with Crippen molar-refractivity contribution in [1.29, 1.82) is 0 Å². The number of carboxylic acid groups (broad SMARTS) is 1. The highest BCUT2D eigenvalue weighted by Gasteiger charge is 2.32. The average Bonchev–Trinajstić information content (AvgIpc) is 2.38. The average molecular weight is 250 g/mol. The summed E-state index contributed by atoms with van der Waals surface area (Å²) in [6, 6.07) is 6.44. The van der Waals surface area contributed by atoms with Gasteiger partial charge in [-0.2, -0.15) is 0 Å². The zero-order valence-corrected chi connectivity index (χ0v) is 10.3. The lowest BCUT2D eigenvalue weighted by molar-refractivity contribution is -0.145. The molecule has 98 valence electrons. The van der Waals surface area contributed by atoms with Crippen molar-refractivity contribution >= 4 is 5.97 Å². The molecule has 0 saturated carbocycles. The van der Waals surface area contributed by atoms with Crippen LogP contribution in [0.15, 0.2) is 24.3 Å². The smallest absolute Gasteiger partial charge is 0.322 e. The molecular weight excluding hydrogens is 232 g/mol. The molecule has 2 atom stereocenters. The largest absolute Gasteiger partial charge is 0.508 e. The number of nitrogens with zero attached hydrogens (tertiary/aromatic N) is 1. The number of phenolic OH excluding ortho intramolecular Hbond substituents is 1. The molecule has 2 rings (SSSR count). The van der Waals surface area contributed by atoms with Crippen LogP contribution in [0.1, 0.15) is 18.5 Å². The van der Waals surface area contributed by atoms with Crippen LogP contribution in [0.2, 0.25) is 0 Å². The Kier molecular flexibility index (Phi) is 3.84. The minimum absolute atomic E-state index is 0.0275. The van der Waals surface area contributed by atoms with E-state index in [2.05, 4.69) is 5.32 Å². The van der Waals surface area contributed by atoms with Gasteiger partial charge in [-0.25, -0.2) is 0 Å². The molecule has 1 fully saturated rings. The standard InChI is InChI=1S/C13H18N2O3/c1-9(10-3-2-4-11(16)7-10)15-6-5-14-8-12(15)13(17)18/h2-4,7,9,12,14,16H,5-6,8H2,1H3,(H,17,18). The van der Waals surface area contributed by atoms with Crippen LogP contribution in [0.25, 0.3) is 0 Å². The second-order valence-corrected chi connectivity index (χ2v) is 4.57. The van der Waals surface area contributed by atoms with Crippen molar-refractivity contribution < 1.29 is 15.0 Å². The molecule has 0 aliphatic carbocycles. The Labute approximate surface area is 106 Å². The van der Waals surface area contributed by atoms with Crippen molar-refractivity contribution in [2.24, 2.45) is 0 Å². The van der Waals surface area contributed by atoms with Crippen molar-refractivity contribution in [3.63, 3.8) is 0 Å². The lowest BCUT2D eigenvalue weighted by Gasteiger charge is -2.38. The zero-order valence-electron chi connectivity index (χ0n) is 10.3. The van der Waals surface area contributed by atoms with Gasteiger partial charge in [-0.05, 0) is 24.6 Å².